The van der Waals surface area contributed by atoms with Gasteiger partial charge in [0.05, 0.1) is 7.85 Å². The monoisotopic (exact) mass is 210 g/mol. The van der Waals surface area contributed by atoms with Crippen molar-refractivity contribution in [3.05, 3.63) is 0 Å². The molecule has 5 N–H and O–H groups in total. The number of carboxylic acids is 1. The third-order valence-corrected chi connectivity index (χ3v) is 3.46. The van der Waals surface area contributed by atoms with Crippen molar-refractivity contribution in [3.63, 3.8) is 0 Å². The van der Waals surface area contributed by atoms with E-state index in [0.29, 0.717) is 19.3 Å². The van der Waals surface area contributed by atoms with Crippen molar-refractivity contribution in [2.75, 3.05) is 6.54 Å². The van der Waals surface area contributed by atoms with E-state index in [1.807, 2.05) is 0 Å². The van der Waals surface area contributed by atoms with Crippen LogP contribution in [0.15, 0.2) is 0 Å². The second-order valence-corrected chi connectivity index (χ2v) is 4.51. The van der Waals surface area contributed by atoms with E-state index in [1.165, 1.54) is 0 Å². The maximum atomic E-state index is 11.2. The summed E-state index contributed by atoms with van der Waals surface area (Å²) in [6.07, 6.45) is 3.51. The predicted octanol–water partition coefficient (Wildman–Crippen LogP) is 0.120. The van der Waals surface area contributed by atoms with Gasteiger partial charge in [-0.15, -0.1) is 0 Å². The van der Waals surface area contributed by atoms with Crippen LogP contribution in [0.4, 0.5) is 0 Å². The van der Waals surface area contributed by atoms with Crippen molar-refractivity contribution < 1.29 is 9.90 Å². The lowest BCUT2D eigenvalue weighted by Crippen LogP contribution is -2.51. The Hall–Kier alpha value is -0.545. The Morgan fingerprint density at radius 2 is 2.27 bits per heavy atom. The second kappa shape index (κ2) is 4.99. The standard InChI is InChI=1S/C10H19BN2O2/c11-3-1-2-8-4-7(6-12)5-10(8,13)9(14)15/h7-8H,1-6,12-13H2,(H,14,15)/t7-,8-,10-/m0/s1. The number of rotatable bonds is 5. The van der Waals surface area contributed by atoms with E-state index in [1.54, 1.807) is 0 Å². The van der Waals surface area contributed by atoms with Crippen LogP contribution in [0.1, 0.15) is 25.7 Å². The fourth-order valence-corrected chi connectivity index (χ4v) is 2.52. The number of carboxylic acid groups (broad SMARTS) is 1. The summed E-state index contributed by atoms with van der Waals surface area (Å²) in [6, 6.07) is 0. The summed E-state index contributed by atoms with van der Waals surface area (Å²) in [5, 5.41) is 9.16. The molecule has 1 aliphatic rings. The van der Waals surface area contributed by atoms with Gasteiger partial charge >= 0.3 is 5.97 Å². The summed E-state index contributed by atoms with van der Waals surface area (Å²) in [7, 11) is 5.43. The number of hydrogen-bond acceptors (Lipinski definition) is 3. The van der Waals surface area contributed by atoms with Gasteiger partial charge < -0.3 is 16.6 Å². The fraction of sp³-hybridized carbons (Fsp3) is 0.900. The Labute approximate surface area is 91.8 Å². The van der Waals surface area contributed by atoms with Gasteiger partial charge in [0.1, 0.15) is 5.54 Å². The van der Waals surface area contributed by atoms with Gasteiger partial charge in [0.25, 0.3) is 0 Å². The molecular weight excluding hydrogens is 191 g/mol. The van der Waals surface area contributed by atoms with Gasteiger partial charge in [0, 0.05) is 0 Å². The van der Waals surface area contributed by atoms with Crippen LogP contribution in [-0.4, -0.2) is 31.0 Å². The minimum atomic E-state index is -1.08. The Morgan fingerprint density at radius 3 is 2.73 bits per heavy atom. The molecule has 15 heavy (non-hydrogen) atoms. The number of nitrogens with two attached hydrogens (primary N) is 2. The average Bonchev–Trinajstić information content (AvgIpc) is 2.54. The molecule has 0 bridgehead atoms. The summed E-state index contributed by atoms with van der Waals surface area (Å²) in [4.78, 5) is 11.2. The molecule has 0 saturated heterocycles. The zero-order chi connectivity index (χ0) is 11.5. The van der Waals surface area contributed by atoms with Crippen molar-refractivity contribution >= 4 is 13.8 Å². The van der Waals surface area contributed by atoms with Crippen molar-refractivity contribution in [2.45, 2.75) is 37.5 Å². The molecule has 0 unspecified atom stereocenters. The molecule has 0 aliphatic heterocycles. The lowest BCUT2D eigenvalue weighted by Gasteiger charge is -2.26. The van der Waals surface area contributed by atoms with Crippen LogP contribution in [0.2, 0.25) is 6.32 Å². The molecule has 0 amide bonds. The van der Waals surface area contributed by atoms with Crippen molar-refractivity contribution in [3.8, 4) is 0 Å². The lowest BCUT2D eigenvalue weighted by atomic mass is 9.83. The normalized spacial score (nSPS) is 35.6. The first-order chi connectivity index (χ1) is 7.04. The van der Waals surface area contributed by atoms with E-state index >= 15 is 0 Å². The molecule has 1 aliphatic carbocycles. The van der Waals surface area contributed by atoms with Gasteiger partial charge in [-0.3, -0.25) is 4.79 Å². The molecule has 5 heteroatoms. The quantitative estimate of drug-likeness (QED) is 0.562. The molecule has 3 atom stereocenters. The van der Waals surface area contributed by atoms with Crippen LogP contribution in [0.5, 0.6) is 0 Å². The summed E-state index contributed by atoms with van der Waals surface area (Å²) < 4.78 is 0. The van der Waals surface area contributed by atoms with Gasteiger partial charge in [0.15, 0.2) is 0 Å². The molecule has 84 valence electrons. The van der Waals surface area contributed by atoms with Crippen LogP contribution in [0, 0.1) is 11.8 Å². The van der Waals surface area contributed by atoms with Crippen molar-refractivity contribution in [1.29, 1.82) is 0 Å². The number of aliphatic carboxylic acids is 1. The second-order valence-electron chi connectivity index (χ2n) is 4.51. The van der Waals surface area contributed by atoms with Crippen molar-refractivity contribution in [1.82, 2.24) is 0 Å². The van der Waals surface area contributed by atoms with E-state index in [4.69, 9.17) is 24.4 Å². The Kier molecular flexibility index (Phi) is 4.17. The van der Waals surface area contributed by atoms with E-state index in [-0.39, 0.29) is 11.8 Å². The van der Waals surface area contributed by atoms with Crippen molar-refractivity contribution in [2.24, 2.45) is 23.3 Å². The Bertz CT molecular complexity index is 237. The first-order valence-electron chi connectivity index (χ1n) is 5.47. The Balaban J connectivity index is 2.69. The van der Waals surface area contributed by atoms with Crippen LogP contribution >= 0.6 is 0 Å². The molecule has 1 saturated carbocycles. The molecule has 1 rings (SSSR count). The fourth-order valence-electron chi connectivity index (χ4n) is 2.52. The van der Waals surface area contributed by atoms with Crippen LogP contribution < -0.4 is 11.5 Å². The van der Waals surface area contributed by atoms with Crippen LogP contribution in [-0.2, 0) is 4.79 Å². The third kappa shape index (κ3) is 2.52. The SMILES string of the molecule is [B]CCC[C@H]1C[C@H](CN)C[C@@]1(N)C(=O)O. The van der Waals surface area contributed by atoms with E-state index < -0.39 is 11.5 Å². The predicted molar refractivity (Wildman–Crippen MR) is 59.6 cm³/mol. The highest BCUT2D eigenvalue weighted by Crippen LogP contribution is 2.40. The van der Waals surface area contributed by atoms with E-state index in [2.05, 4.69) is 0 Å². The molecule has 0 spiro atoms. The van der Waals surface area contributed by atoms with Gasteiger partial charge in [-0.05, 0) is 37.6 Å². The van der Waals surface area contributed by atoms with Gasteiger partial charge in [0.2, 0.25) is 0 Å². The average molecular weight is 210 g/mol. The highest BCUT2D eigenvalue weighted by atomic mass is 16.4. The maximum Gasteiger partial charge on any atom is 0.323 e. The summed E-state index contributed by atoms with van der Waals surface area (Å²) in [5.41, 5.74) is 10.4. The summed E-state index contributed by atoms with van der Waals surface area (Å²) in [6.45, 7) is 0.519. The van der Waals surface area contributed by atoms with E-state index in [9.17, 15) is 4.79 Å². The zero-order valence-electron chi connectivity index (χ0n) is 8.98. The van der Waals surface area contributed by atoms with Crippen LogP contribution in [0.3, 0.4) is 0 Å². The van der Waals surface area contributed by atoms with Crippen LogP contribution in [0.25, 0.3) is 0 Å². The summed E-state index contributed by atoms with van der Waals surface area (Å²) in [5.74, 6) is -0.638. The number of carbonyl (C=O) groups is 1. The maximum absolute atomic E-state index is 11.2. The molecule has 1 fully saturated rings. The first-order valence-corrected chi connectivity index (χ1v) is 5.47. The molecule has 4 nitrogen and oxygen atoms in total. The highest BCUT2D eigenvalue weighted by Gasteiger charge is 2.48. The van der Waals surface area contributed by atoms with Gasteiger partial charge in [-0.1, -0.05) is 12.7 Å². The highest BCUT2D eigenvalue weighted by molar-refractivity contribution is 6.08. The smallest absolute Gasteiger partial charge is 0.323 e. The molecular formula is C10H19BN2O2. The lowest BCUT2D eigenvalue weighted by molar-refractivity contribution is -0.145. The Morgan fingerprint density at radius 1 is 1.60 bits per heavy atom. The molecule has 0 aromatic carbocycles. The molecule has 2 radical (unpaired) electrons. The zero-order valence-corrected chi connectivity index (χ0v) is 8.98. The summed E-state index contributed by atoms with van der Waals surface area (Å²) >= 11 is 0. The number of hydrogen-bond donors (Lipinski definition) is 3. The minimum Gasteiger partial charge on any atom is -0.480 e. The largest absolute Gasteiger partial charge is 0.480 e. The van der Waals surface area contributed by atoms with Gasteiger partial charge in [-0.25, -0.2) is 0 Å². The molecule has 0 aromatic rings. The molecule has 0 heterocycles. The first kappa shape index (κ1) is 12.5. The van der Waals surface area contributed by atoms with Gasteiger partial charge in [-0.2, -0.15) is 0 Å². The third-order valence-electron chi connectivity index (χ3n) is 3.46. The minimum absolute atomic E-state index is 0.0205. The molecule has 0 aromatic heterocycles. The topological polar surface area (TPSA) is 89.3 Å². The van der Waals surface area contributed by atoms with E-state index in [0.717, 1.165) is 19.3 Å².